The van der Waals surface area contributed by atoms with Gasteiger partial charge in [0.2, 0.25) is 0 Å². The van der Waals surface area contributed by atoms with E-state index in [9.17, 15) is 9.59 Å². The fraction of sp³-hybridized carbons (Fsp3) is 0.163. The quantitative estimate of drug-likeness (QED) is 0.138. The molecular formula is C43H34O4. The number of fused-ring (bicyclic) bond motifs is 7. The van der Waals surface area contributed by atoms with Crippen LogP contribution in [0, 0.1) is 6.92 Å². The van der Waals surface area contributed by atoms with Crippen LogP contribution in [0.3, 0.4) is 0 Å². The zero-order chi connectivity index (χ0) is 32.2. The molecule has 0 bridgehead atoms. The third-order valence-electron chi connectivity index (χ3n) is 9.56. The Bertz CT molecular complexity index is 2660. The summed E-state index contributed by atoms with van der Waals surface area (Å²) in [4.78, 5) is 27.2. The maximum atomic E-state index is 13.7. The van der Waals surface area contributed by atoms with E-state index in [0.717, 1.165) is 85.5 Å². The topological polar surface area (TPSA) is 60.4 Å². The van der Waals surface area contributed by atoms with Crippen LogP contribution >= 0.6 is 0 Å². The van der Waals surface area contributed by atoms with E-state index >= 15 is 0 Å². The Balaban J connectivity index is 1.34. The van der Waals surface area contributed by atoms with Crippen molar-refractivity contribution in [3.8, 4) is 22.3 Å². The van der Waals surface area contributed by atoms with Crippen molar-refractivity contribution < 1.29 is 8.83 Å². The molecule has 47 heavy (non-hydrogen) atoms. The van der Waals surface area contributed by atoms with Crippen molar-refractivity contribution in [2.45, 2.75) is 46.5 Å². The minimum atomic E-state index is -0.396. The molecule has 0 fully saturated rings. The molecule has 4 heteroatoms. The summed E-state index contributed by atoms with van der Waals surface area (Å²) < 4.78 is 11.9. The Labute approximate surface area is 271 Å². The first-order valence-corrected chi connectivity index (χ1v) is 16.5. The van der Waals surface area contributed by atoms with Crippen molar-refractivity contribution in [1.29, 1.82) is 0 Å². The molecule has 0 unspecified atom stereocenters. The monoisotopic (exact) mass is 614 g/mol. The minimum absolute atomic E-state index is 0.381. The number of hydrogen-bond acceptors (Lipinski definition) is 4. The molecule has 0 saturated carbocycles. The standard InChI is InChI=1S/C43H34O4/c1-4-8-26-14-18-30-28(22-26)16-20-38-36(30)24-37(42(44)46-38)34-12-6-11-33-32(34)10-7-13-35(33)41-25(3)40-31-19-15-27(9-5-2)23-29(31)17-21-39(40)47-43(41)45/h6-7,10-24H,4-5,8-9H2,1-3H3. The highest BCUT2D eigenvalue weighted by Gasteiger charge is 2.20. The second-order valence-corrected chi connectivity index (χ2v) is 12.6. The highest BCUT2D eigenvalue weighted by molar-refractivity contribution is 6.12. The number of rotatable bonds is 6. The van der Waals surface area contributed by atoms with Crippen LogP contribution in [0.2, 0.25) is 0 Å². The van der Waals surface area contributed by atoms with E-state index < -0.39 is 5.63 Å². The largest absolute Gasteiger partial charge is 0.422 e. The zero-order valence-electron chi connectivity index (χ0n) is 26.8. The lowest BCUT2D eigenvalue weighted by Gasteiger charge is -2.14. The van der Waals surface area contributed by atoms with E-state index in [4.69, 9.17) is 8.83 Å². The van der Waals surface area contributed by atoms with E-state index in [1.54, 1.807) is 0 Å². The summed E-state index contributed by atoms with van der Waals surface area (Å²) in [6.07, 6.45) is 4.20. The Morgan fingerprint density at radius 2 is 1.11 bits per heavy atom. The molecule has 4 nitrogen and oxygen atoms in total. The Hall–Kier alpha value is -5.48. The summed E-state index contributed by atoms with van der Waals surface area (Å²) in [6, 6.07) is 34.7. The predicted molar refractivity (Wildman–Crippen MR) is 195 cm³/mol. The first kappa shape index (κ1) is 29.0. The number of aryl methyl sites for hydroxylation is 3. The van der Waals surface area contributed by atoms with Gasteiger partial charge in [0.15, 0.2) is 0 Å². The van der Waals surface area contributed by atoms with Crippen LogP contribution in [0.1, 0.15) is 43.4 Å². The second-order valence-electron chi connectivity index (χ2n) is 12.6. The van der Waals surface area contributed by atoms with Crippen LogP contribution in [0.5, 0.6) is 0 Å². The van der Waals surface area contributed by atoms with Gasteiger partial charge in [0.1, 0.15) is 11.2 Å². The van der Waals surface area contributed by atoms with E-state index in [1.807, 2.05) is 73.7 Å². The molecule has 6 aromatic carbocycles. The average Bonchev–Trinajstić information content (AvgIpc) is 3.07. The molecule has 8 rings (SSSR count). The lowest BCUT2D eigenvalue weighted by Crippen LogP contribution is -2.07. The van der Waals surface area contributed by atoms with E-state index in [0.29, 0.717) is 22.3 Å². The molecule has 0 saturated heterocycles. The van der Waals surface area contributed by atoms with Crippen LogP contribution < -0.4 is 11.3 Å². The summed E-state index contributed by atoms with van der Waals surface area (Å²) >= 11 is 0. The molecule has 2 aromatic heterocycles. The molecular weight excluding hydrogens is 580 g/mol. The Morgan fingerprint density at radius 1 is 0.511 bits per heavy atom. The van der Waals surface area contributed by atoms with Gasteiger partial charge in [-0.15, -0.1) is 0 Å². The lowest BCUT2D eigenvalue weighted by molar-refractivity contribution is 0.563. The SMILES string of the molecule is CCCc1ccc2c(ccc3oc(=O)c(-c4cccc5c(-c6c(C)c7c(ccc8cc(CCC)ccc87)oc6=O)cccc45)cc32)c1. The molecule has 8 aromatic rings. The summed E-state index contributed by atoms with van der Waals surface area (Å²) in [5, 5.41) is 7.93. The maximum Gasteiger partial charge on any atom is 0.344 e. The lowest BCUT2D eigenvalue weighted by atomic mass is 9.90. The van der Waals surface area contributed by atoms with Gasteiger partial charge in [-0.25, -0.2) is 9.59 Å². The molecule has 0 aliphatic rings. The van der Waals surface area contributed by atoms with Gasteiger partial charge >= 0.3 is 11.3 Å². The minimum Gasteiger partial charge on any atom is -0.422 e. The maximum absolute atomic E-state index is 13.7. The summed E-state index contributed by atoms with van der Waals surface area (Å²) in [5.41, 5.74) is 6.39. The van der Waals surface area contributed by atoms with Crippen molar-refractivity contribution in [2.75, 3.05) is 0 Å². The van der Waals surface area contributed by atoms with Gasteiger partial charge in [-0.2, -0.15) is 0 Å². The number of hydrogen-bond donors (Lipinski definition) is 0. The Morgan fingerprint density at radius 3 is 1.81 bits per heavy atom. The first-order valence-electron chi connectivity index (χ1n) is 16.5. The Kier molecular flexibility index (Phi) is 7.02. The average molecular weight is 615 g/mol. The highest BCUT2D eigenvalue weighted by atomic mass is 16.4. The van der Waals surface area contributed by atoms with Crippen LogP contribution in [-0.2, 0) is 12.8 Å². The summed E-state index contributed by atoms with van der Waals surface area (Å²) in [6.45, 7) is 6.37. The van der Waals surface area contributed by atoms with Gasteiger partial charge in [0.25, 0.3) is 0 Å². The van der Waals surface area contributed by atoms with Crippen molar-refractivity contribution in [3.05, 3.63) is 141 Å². The highest BCUT2D eigenvalue weighted by Crippen LogP contribution is 2.38. The molecule has 0 N–H and O–H groups in total. The molecule has 0 atom stereocenters. The van der Waals surface area contributed by atoms with E-state index in [-0.39, 0.29) is 5.63 Å². The third-order valence-corrected chi connectivity index (χ3v) is 9.56. The van der Waals surface area contributed by atoms with Crippen molar-refractivity contribution in [2.24, 2.45) is 0 Å². The summed E-state index contributed by atoms with van der Waals surface area (Å²) in [7, 11) is 0. The predicted octanol–water partition coefficient (Wildman–Crippen LogP) is 10.9. The summed E-state index contributed by atoms with van der Waals surface area (Å²) in [5.74, 6) is 0. The van der Waals surface area contributed by atoms with Gasteiger partial charge in [0, 0.05) is 10.8 Å². The van der Waals surface area contributed by atoms with Crippen molar-refractivity contribution in [1.82, 2.24) is 0 Å². The fourth-order valence-corrected chi connectivity index (χ4v) is 7.39. The van der Waals surface area contributed by atoms with Gasteiger partial charge in [0.05, 0.1) is 11.1 Å². The molecule has 0 aliphatic heterocycles. The van der Waals surface area contributed by atoms with E-state index in [2.05, 4.69) is 50.2 Å². The zero-order valence-corrected chi connectivity index (χ0v) is 26.8. The molecule has 0 aliphatic carbocycles. The smallest absolute Gasteiger partial charge is 0.344 e. The van der Waals surface area contributed by atoms with Gasteiger partial charge in [-0.1, -0.05) is 112 Å². The molecule has 230 valence electrons. The molecule has 0 radical (unpaired) electrons. The van der Waals surface area contributed by atoms with Crippen LogP contribution in [0.4, 0.5) is 0 Å². The molecule has 0 amide bonds. The van der Waals surface area contributed by atoms with E-state index in [1.165, 1.54) is 11.1 Å². The van der Waals surface area contributed by atoms with Gasteiger partial charge < -0.3 is 8.83 Å². The van der Waals surface area contributed by atoms with Crippen molar-refractivity contribution in [3.63, 3.8) is 0 Å². The molecule has 2 heterocycles. The van der Waals surface area contributed by atoms with Crippen LogP contribution in [-0.4, -0.2) is 0 Å². The normalized spacial score (nSPS) is 11.8. The van der Waals surface area contributed by atoms with Crippen LogP contribution in [0.25, 0.3) is 76.5 Å². The van der Waals surface area contributed by atoms with Crippen LogP contribution in [0.15, 0.2) is 122 Å². The fourth-order valence-electron chi connectivity index (χ4n) is 7.39. The van der Waals surface area contributed by atoms with Crippen molar-refractivity contribution >= 4 is 54.3 Å². The van der Waals surface area contributed by atoms with Gasteiger partial charge in [-0.3, -0.25) is 0 Å². The second kappa shape index (κ2) is 11.4. The third kappa shape index (κ3) is 4.75. The first-order chi connectivity index (χ1) is 22.9. The number of benzene rings is 6. The molecule has 0 spiro atoms. The van der Waals surface area contributed by atoms with Gasteiger partial charge in [-0.05, 0) is 98.1 Å².